The molecule has 1 aromatic carbocycles. The van der Waals surface area contributed by atoms with Crippen LogP contribution in [-0.4, -0.2) is 6.09 Å². The number of fused-ring (bicyclic) bond motifs is 1. The lowest BCUT2D eigenvalue weighted by Gasteiger charge is -2.16. The Hall–Kier alpha value is -1.22. The molecule has 1 aromatic rings. The second-order valence-electron chi connectivity index (χ2n) is 2.50. The molecule has 3 nitrogen and oxygen atoms in total. The Morgan fingerprint density at radius 1 is 1.50 bits per heavy atom. The fourth-order valence-corrected chi connectivity index (χ4v) is 1.29. The Balaban J connectivity index is 2.43. The van der Waals surface area contributed by atoms with E-state index in [1.54, 1.807) is 18.2 Å². The molecule has 0 atom stereocenters. The molecule has 0 aromatic heterocycles. The minimum atomic E-state index is -0.412. The van der Waals surface area contributed by atoms with Crippen LogP contribution in [0.5, 0.6) is 0 Å². The highest BCUT2D eigenvalue weighted by molar-refractivity contribution is 6.30. The molecule has 1 amide bonds. The van der Waals surface area contributed by atoms with Gasteiger partial charge < -0.3 is 4.74 Å². The maximum atomic E-state index is 10.7. The average molecular weight is 184 g/mol. The first-order chi connectivity index (χ1) is 5.75. The maximum absolute atomic E-state index is 10.7. The van der Waals surface area contributed by atoms with E-state index in [4.69, 9.17) is 16.3 Å². The van der Waals surface area contributed by atoms with Gasteiger partial charge in [0.15, 0.2) is 0 Å². The van der Waals surface area contributed by atoms with Gasteiger partial charge in [0, 0.05) is 10.6 Å². The van der Waals surface area contributed by atoms with Crippen molar-refractivity contribution in [1.82, 2.24) is 0 Å². The SMILES string of the molecule is O=C1Nc2ccc(Cl)cc2CO1. The molecule has 0 aliphatic carbocycles. The van der Waals surface area contributed by atoms with Gasteiger partial charge in [-0.3, -0.25) is 5.32 Å². The lowest BCUT2D eigenvalue weighted by Crippen LogP contribution is -2.19. The highest BCUT2D eigenvalue weighted by Gasteiger charge is 2.14. The van der Waals surface area contributed by atoms with Crippen LogP contribution in [0.1, 0.15) is 5.56 Å². The largest absolute Gasteiger partial charge is 0.444 e. The molecule has 1 heterocycles. The zero-order chi connectivity index (χ0) is 8.55. The van der Waals surface area contributed by atoms with Gasteiger partial charge in [-0.1, -0.05) is 11.6 Å². The van der Waals surface area contributed by atoms with Crippen molar-refractivity contribution >= 4 is 23.4 Å². The number of amides is 1. The highest BCUT2D eigenvalue weighted by atomic mass is 35.5. The van der Waals surface area contributed by atoms with Gasteiger partial charge in [-0.25, -0.2) is 4.79 Å². The van der Waals surface area contributed by atoms with Crippen LogP contribution in [0.15, 0.2) is 18.2 Å². The number of carbonyl (C=O) groups excluding carboxylic acids is 1. The molecule has 0 fully saturated rings. The van der Waals surface area contributed by atoms with E-state index in [0.717, 1.165) is 11.3 Å². The second-order valence-corrected chi connectivity index (χ2v) is 2.94. The van der Waals surface area contributed by atoms with Gasteiger partial charge in [-0.2, -0.15) is 0 Å². The van der Waals surface area contributed by atoms with Crippen LogP contribution in [0.25, 0.3) is 0 Å². The van der Waals surface area contributed by atoms with E-state index in [1.807, 2.05) is 0 Å². The number of halogens is 1. The molecule has 1 aliphatic heterocycles. The predicted octanol–water partition coefficient (Wildman–Crippen LogP) is 2.40. The van der Waals surface area contributed by atoms with Crippen molar-refractivity contribution in [3.05, 3.63) is 28.8 Å². The van der Waals surface area contributed by atoms with Gasteiger partial charge in [-0.05, 0) is 18.2 Å². The van der Waals surface area contributed by atoms with Crippen LogP contribution in [0, 0.1) is 0 Å². The summed E-state index contributed by atoms with van der Waals surface area (Å²) in [7, 11) is 0. The molecule has 4 heteroatoms. The Bertz CT molecular complexity index is 338. The predicted molar refractivity (Wildman–Crippen MR) is 45.3 cm³/mol. The summed E-state index contributed by atoms with van der Waals surface area (Å²) in [5.74, 6) is 0. The fourth-order valence-electron chi connectivity index (χ4n) is 1.09. The standard InChI is InChI=1S/C8H6ClNO2/c9-6-1-2-7-5(3-6)4-12-8(11)10-7/h1-3H,4H2,(H,10,11). The smallest absolute Gasteiger partial charge is 0.411 e. The molecule has 1 aliphatic rings. The Morgan fingerprint density at radius 3 is 3.17 bits per heavy atom. The number of cyclic esters (lactones) is 1. The Kier molecular flexibility index (Phi) is 1.66. The quantitative estimate of drug-likeness (QED) is 0.671. The molecular weight excluding hydrogens is 178 g/mol. The molecule has 0 spiro atoms. The minimum absolute atomic E-state index is 0.293. The Morgan fingerprint density at radius 2 is 2.33 bits per heavy atom. The number of carbonyl (C=O) groups is 1. The third-order valence-corrected chi connectivity index (χ3v) is 1.90. The first kappa shape index (κ1) is 7.43. The van der Waals surface area contributed by atoms with Gasteiger partial charge in [0.05, 0.1) is 5.69 Å². The number of benzene rings is 1. The van der Waals surface area contributed by atoms with Crippen molar-refractivity contribution in [3.8, 4) is 0 Å². The Labute approximate surface area is 74.3 Å². The van der Waals surface area contributed by atoms with E-state index < -0.39 is 6.09 Å². The molecule has 0 saturated heterocycles. The molecule has 62 valence electrons. The van der Waals surface area contributed by atoms with Gasteiger partial charge in [0.1, 0.15) is 6.61 Å². The highest BCUT2D eigenvalue weighted by Crippen LogP contribution is 2.24. The maximum Gasteiger partial charge on any atom is 0.411 e. The number of rotatable bonds is 0. The van der Waals surface area contributed by atoms with Crippen LogP contribution in [0.3, 0.4) is 0 Å². The molecule has 0 unspecified atom stereocenters. The fraction of sp³-hybridized carbons (Fsp3) is 0.125. The summed E-state index contributed by atoms with van der Waals surface area (Å²) >= 11 is 5.74. The van der Waals surface area contributed by atoms with Crippen molar-refractivity contribution in [1.29, 1.82) is 0 Å². The summed E-state index contributed by atoms with van der Waals surface area (Å²) < 4.78 is 4.75. The van der Waals surface area contributed by atoms with Gasteiger partial charge >= 0.3 is 6.09 Å². The van der Waals surface area contributed by atoms with E-state index in [-0.39, 0.29) is 0 Å². The zero-order valence-corrected chi connectivity index (χ0v) is 6.89. The number of hydrogen-bond acceptors (Lipinski definition) is 2. The molecule has 0 radical (unpaired) electrons. The average Bonchev–Trinajstić information content (AvgIpc) is 2.05. The summed E-state index contributed by atoms with van der Waals surface area (Å²) in [6.45, 7) is 0.293. The summed E-state index contributed by atoms with van der Waals surface area (Å²) in [6, 6.07) is 5.26. The minimum Gasteiger partial charge on any atom is -0.444 e. The molecule has 1 N–H and O–H groups in total. The monoisotopic (exact) mass is 183 g/mol. The molecule has 2 rings (SSSR count). The van der Waals surface area contributed by atoms with Gasteiger partial charge in [0.25, 0.3) is 0 Å². The summed E-state index contributed by atoms with van der Waals surface area (Å²) in [4.78, 5) is 10.7. The lowest BCUT2D eigenvalue weighted by molar-refractivity contribution is 0.151. The van der Waals surface area contributed by atoms with E-state index in [0.29, 0.717) is 11.6 Å². The third-order valence-electron chi connectivity index (χ3n) is 1.66. The van der Waals surface area contributed by atoms with Crippen LogP contribution in [0.2, 0.25) is 5.02 Å². The normalized spacial score (nSPS) is 14.6. The summed E-state index contributed by atoms with van der Waals surface area (Å²) in [5.41, 5.74) is 1.68. The van der Waals surface area contributed by atoms with Crippen molar-refractivity contribution in [2.45, 2.75) is 6.61 Å². The van der Waals surface area contributed by atoms with E-state index in [2.05, 4.69) is 5.32 Å². The van der Waals surface area contributed by atoms with Crippen LogP contribution >= 0.6 is 11.6 Å². The van der Waals surface area contributed by atoms with Crippen LogP contribution in [0.4, 0.5) is 10.5 Å². The zero-order valence-electron chi connectivity index (χ0n) is 6.13. The molecule has 12 heavy (non-hydrogen) atoms. The second kappa shape index (κ2) is 2.68. The summed E-state index contributed by atoms with van der Waals surface area (Å²) in [6.07, 6.45) is -0.412. The molecule has 0 saturated carbocycles. The first-order valence-corrected chi connectivity index (χ1v) is 3.86. The number of ether oxygens (including phenoxy) is 1. The van der Waals surface area contributed by atoms with Crippen molar-refractivity contribution in [2.24, 2.45) is 0 Å². The van der Waals surface area contributed by atoms with Gasteiger partial charge in [-0.15, -0.1) is 0 Å². The topological polar surface area (TPSA) is 38.3 Å². The van der Waals surface area contributed by atoms with Crippen molar-refractivity contribution in [3.63, 3.8) is 0 Å². The number of nitrogens with one attached hydrogen (secondary N) is 1. The number of anilines is 1. The van der Waals surface area contributed by atoms with Crippen molar-refractivity contribution < 1.29 is 9.53 Å². The molecular formula is C8H6ClNO2. The van der Waals surface area contributed by atoms with Gasteiger partial charge in [0.2, 0.25) is 0 Å². The first-order valence-electron chi connectivity index (χ1n) is 3.48. The van der Waals surface area contributed by atoms with Crippen molar-refractivity contribution in [2.75, 3.05) is 5.32 Å². The van der Waals surface area contributed by atoms with Crippen LogP contribution < -0.4 is 5.32 Å². The van der Waals surface area contributed by atoms with E-state index in [9.17, 15) is 4.79 Å². The lowest BCUT2D eigenvalue weighted by atomic mass is 10.2. The summed E-state index contributed by atoms with van der Waals surface area (Å²) in [5, 5.41) is 3.21. The number of hydrogen-bond donors (Lipinski definition) is 1. The van der Waals surface area contributed by atoms with E-state index >= 15 is 0 Å². The molecule has 0 bridgehead atoms. The van der Waals surface area contributed by atoms with Crippen LogP contribution in [-0.2, 0) is 11.3 Å². The third kappa shape index (κ3) is 1.23. The van der Waals surface area contributed by atoms with E-state index in [1.165, 1.54) is 0 Å².